The SMILES string of the molecule is C#CCN.C#CCN(CCCN1C(=O)NC(C)(C)C1=O)CCCN1C(=O)NC(C)(C)C1=O.C#CC[N+](CCCN1C(=O)NC(C)(C)C1=O)(CCCN1C(=O)NC(C)(C)C1=O)CCCN1C(=O)NC(C)(C)C1=O.CC1(C)NC(=O)N(CCCBr)C1=O.CCCCCCCCCCC[N+](C)(C)CCN=[N+]=[N-].C[N+](C)(C)CCN=[N+]=[N-].[K+].[OH-]. The van der Waals surface area contributed by atoms with Gasteiger partial charge in [-0.15, -0.1) is 19.3 Å². The quantitative estimate of drug-likeness (QED) is 0.00514. The summed E-state index contributed by atoms with van der Waals surface area (Å²) in [5.74, 6) is 6.03. The number of nitrogens with zero attached hydrogens (tertiary/aromatic N) is 16. The first-order valence-corrected chi connectivity index (χ1v) is 40.3. The molecule has 18 amide bonds. The molecule has 642 valence electrons. The number of unbranched alkanes of at least 4 members (excludes halogenated alkanes) is 8. The Morgan fingerprint density at radius 3 is 0.922 bits per heavy atom. The van der Waals surface area contributed by atoms with E-state index in [9.17, 15) is 57.5 Å². The van der Waals surface area contributed by atoms with Gasteiger partial charge in [0.2, 0.25) is 0 Å². The summed E-state index contributed by atoms with van der Waals surface area (Å²) in [5, 5.41) is 23.8. The van der Waals surface area contributed by atoms with E-state index in [4.69, 9.17) is 29.6 Å². The topological polar surface area (TPSA) is 453 Å². The molecule has 0 radical (unpaired) electrons. The van der Waals surface area contributed by atoms with Crippen LogP contribution in [0.15, 0.2) is 10.2 Å². The van der Waals surface area contributed by atoms with Crippen molar-refractivity contribution in [2.75, 3.05) is 165 Å². The number of amides is 18. The summed E-state index contributed by atoms with van der Waals surface area (Å²) in [4.78, 5) is 161. The molecule has 6 fully saturated rings. The van der Waals surface area contributed by atoms with Gasteiger partial charge in [0.1, 0.15) is 39.8 Å². The molecule has 38 heteroatoms. The van der Waals surface area contributed by atoms with Crippen LogP contribution in [-0.2, 0) is 28.8 Å². The van der Waals surface area contributed by atoms with E-state index in [1.807, 2.05) is 4.90 Å². The normalized spacial score (nSPS) is 17.7. The van der Waals surface area contributed by atoms with Crippen molar-refractivity contribution in [3.05, 3.63) is 20.9 Å². The summed E-state index contributed by atoms with van der Waals surface area (Å²) in [7, 11) is 10.6. The number of carbonyl (C=O) groups is 12. The maximum atomic E-state index is 12.6. The fourth-order valence-corrected chi connectivity index (χ4v) is 13.1. The van der Waals surface area contributed by atoms with Crippen molar-refractivity contribution in [3.8, 4) is 37.0 Å². The first-order valence-electron chi connectivity index (χ1n) is 39.2. The van der Waals surface area contributed by atoms with Crippen molar-refractivity contribution in [2.45, 2.75) is 220 Å². The zero-order chi connectivity index (χ0) is 86.4. The third-order valence-corrected chi connectivity index (χ3v) is 20.0. The van der Waals surface area contributed by atoms with Crippen LogP contribution in [0.25, 0.3) is 20.9 Å². The number of nitrogens with one attached hydrogen (secondary N) is 6. The second-order valence-electron chi connectivity index (χ2n) is 33.8. The van der Waals surface area contributed by atoms with Crippen molar-refractivity contribution < 1.29 is 128 Å². The standard InChI is InChI=1S/C27H41N7O6.C19H29N5O4.C15H33N4.C8H13BrN2O2.C5H13N4.C3H5N.K.H2O/c1-8-15-34(16-9-12-31-19(35)25(2,3)28-22(31)38,17-10-13-32-20(36)26(4,5)29-23(32)39)18-11-14-33-21(37)27(6,7)30-24(33)40;1-6-9-22(10-7-12-23-14(25)18(2,3)20-16(23)27)11-8-13-24-15(26)19(4,5)21-17(24)28;1-4-5-6-7-8-9-10-11-12-14-19(2,3)15-13-17-18-16;1-8(2)6(12)11(5-3-4-9)7(13)10-8;1-9(2,3)5-4-7-8-6;1-2-3-4;;/h1H,9-18H2,2-7H3,(H2-,28,29,30,38,39,40);1H,7-13H2,2-5H3,(H,20,27)(H,21,28);4-15H2,1-3H3;3-5H2,1-2H3,(H,10,13);4-5H2,1-3H3;1H,3-4H2;;1H2/q;;+1;;+1;;+1;. The Labute approximate surface area is 734 Å². The van der Waals surface area contributed by atoms with E-state index in [0.29, 0.717) is 122 Å². The number of quaternary nitrogens is 3. The zero-order valence-electron chi connectivity index (χ0n) is 72.4. The summed E-state index contributed by atoms with van der Waals surface area (Å²) < 4.78 is 2.19. The molecule has 36 nitrogen and oxygen atoms in total. The monoisotopic (exact) mass is 1710 g/mol. The molecule has 6 aliphatic heterocycles. The van der Waals surface area contributed by atoms with Gasteiger partial charge in [-0.1, -0.05) is 89.9 Å². The van der Waals surface area contributed by atoms with Gasteiger partial charge in [0.15, 0.2) is 0 Å². The predicted molar refractivity (Wildman–Crippen MR) is 441 cm³/mol. The van der Waals surface area contributed by atoms with E-state index >= 15 is 0 Å². The predicted octanol–water partition coefficient (Wildman–Crippen LogP) is 4.37. The Balaban J connectivity index is 0. The average molecular weight is 1710 g/mol. The van der Waals surface area contributed by atoms with Gasteiger partial charge in [0.25, 0.3) is 35.4 Å². The third-order valence-electron chi connectivity index (χ3n) is 19.5. The molecule has 0 aromatic heterocycles. The van der Waals surface area contributed by atoms with E-state index in [1.54, 1.807) is 83.1 Å². The zero-order valence-corrected chi connectivity index (χ0v) is 77.1. The Kier molecular flexibility index (Phi) is 49.6. The van der Waals surface area contributed by atoms with Crippen LogP contribution in [0.1, 0.15) is 186 Å². The van der Waals surface area contributed by atoms with Crippen LogP contribution in [0, 0.1) is 37.0 Å². The molecule has 0 saturated carbocycles. The average Bonchev–Trinajstić information content (AvgIpc) is 1.69. The first-order chi connectivity index (χ1) is 52.5. The van der Waals surface area contributed by atoms with Crippen LogP contribution in [-0.4, -0.2) is 323 Å². The van der Waals surface area contributed by atoms with Crippen LogP contribution in [0.4, 0.5) is 28.8 Å². The van der Waals surface area contributed by atoms with E-state index in [1.165, 1.54) is 93.7 Å². The molecule has 0 atom stereocenters. The summed E-state index contributed by atoms with van der Waals surface area (Å²) in [5.41, 5.74) is 15.6. The number of halogens is 1. The second-order valence-corrected chi connectivity index (χ2v) is 34.6. The molecule has 9 N–H and O–H groups in total. The van der Waals surface area contributed by atoms with Crippen LogP contribution in [0.3, 0.4) is 0 Å². The van der Waals surface area contributed by atoms with Crippen molar-refractivity contribution in [1.82, 2.24) is 66.2 Å². The Morgan fingerprint density at radius 1 is 0.417 bits per heavy atom. The molecule has 115 heavy (non-hydrogen) atoms. The van der Waals surface area contributed by atoms with Crippen molar-refractivity contribution in [2.24, 2.45) is 16.0 Å². The molecule has 0 aromatic carbocycles. The van der Waals surface area contributed by atoms with Gasteiger partial charge in [-0.25, -0.2) is 28.8 Å². The van der Waals surface area contributed by atoms with Crippen molar-refractivity contribution in [3.63, 3.8) is 0 Å². The van der Waals surface area contributed by atoms with E-state index in [2.05, 4.69) is 134 Å². The molecule has 0 bridgehead atoms. The maximum Gasteiger partial charge on any atom is 1.00 e. The number of alkyl halides is 1. The van der Waals surface area contributed by atoms with Gasteiger partial charge in [-0.2, -0.15) is 0 Å². The Bertz CT molecular complexity index is 3300. The molecule has 6 aliphatic rings. The van der Waals surface area contributed by atoms with Crippen LogP contribution in [0.5, 0.6) is 0 Å². The first kappa shape index (κ1) is 110. The van der Waals surface area contributed by atoms with Crippen LogP contribution in [0.2, 0.25) is 0 Å². The Hall–Kier alpha value is -7.18. The number of terminal acetylenes is 3. The van der Waals surface area contributed by atoms with E-state index in [0.717, 1.165) is 33.8 Å². The number of azide groups is 2. The number of imide groups is 6. The van der Waals surface area contributed by atoms with Crippen molar-refractivity contribution in [1.29, 1.82) is 0 Å². The molecule has 0 aromatic rings. The summed E-state index contributed by atoms with van der Waals surface area (Å²) >= 11 is 3.26. The molecule has 0 spiro atoms. The minimum absolute atomic E-state index is 0. The summed E-state index contributed by atoms with van der Waals surface area (Å²) in [6.45, 7) is 32.1. The number of rotatable bonds is 41. The van der Waals surface area contributed by atoms with E-state index in [-0.39, 0.29) is 130 Å². The number of likely N-dealkylation sites (N-methyl/N-ethyl adjacent to an activating group) is 2. The molecule has 0 unspecified atom stereocenters. The molecule has 6 heterocycles. The molecular weight excluding hydrogens is 1570 g/mol. The summed E-state index contributed by atoms with van der Waals surface area (Å²) in [6, 6.07) is -2.34. The minimum Gasteiger partial charge on any atom is -0.870 e. The van der Waals surface area contributed by atoms with Crippen LogP contribution < -0.4 is 89.0 Å². The fourth-order valence-electron chi connectivity index (χ4n) is 12.8. The van der Waals surface area contributed by atoms with Gasteiger partial charge in [0, 0.05) is 86.8 Å². The number of carbonyl (C=O) groups excluding carboxylic acids is 12. The van der Waals surface area contributed by atoms with Crippen LogP contribution >= 0.6 is 15.9 Å². The van der Waals surface area contributed by atoms with Gasteiger partial charge in [0.05, 0.1) is 101 Å². The number of urea groups is 6. The van der Waals surface area contributed by atoms with Gasteiger partial charge < -0.3 is 56.6 Å². The van der Waals surface area contributed by atoms with Crippen molar-refractivity contribution >= 4 is 87.6 Å². The fraction of sp³-hybridized carbons (Fsp3) is 0.766. The van der Waals surface area contributed by atoms with Gasteiger partial charge in [-0.05, 0) is 132 Å². The minimum atomic E-state index is -0.963. The number of hydrogen-bond acceptors (Lipinski definition) is 17. The largest absolute Gasteiger partial charge is 1.00 e. The Morgan fingerprint density at radius 2 is 0.687 bits per heavy atom. The smallest absolute Gasteiger partial charge is 0.870 e. The molecule has 6 rings (SSSR count). The maximum absolute atomic E-state index is 12.6. The van der Waals surface area contributed by atoms with Gasteiger partial charge >= 0.3 is 87.6 Å². The number of hydrogen-bond donors (Lipinski definition) is 7. The molecule has 0 aliphatic carbocycles. The third kappa shape index (κ3) is 38.0. The second kappa shape index (κ2) is 51.9. The molecular formula is C77H136BrKN23O13+3. The van der Waals surface area contributed by atoms with E-state index < -0.39 is 51.3 Å². The summed E-state index contributed by atoms with van der Waals surface area (Å²) in [6.07, 6.45) is 31.7. The molecule has 6 saturated heterocycles. The number of nitrogens with two attached hydrogens (primary N) is 1. The van der Waals surface area contributed by atoms with Gasteiger partial charge in [-0.3, -0.25) is 63.1 Å².